The van der Waals surface area contributed by atoms with Crippen molar-refractivity contribution in [2.75, 3.05) is 0 Å². The molecule has 0 unspecified atom stereocenters. The molecule has 104 valence electrons. The summed E-state index contributed by atoms with van der Waals surface area (Å²) in [4.78, 5) is 21.8. The molecule has 19 heavy (non-hydrogen) atoms. The van der Waals surface area contributed by atoms with E-state index < -0.39 is 23.9 Å². The number of rotatable bonds is 6. The van der Waals surface area contributed by atoms with Crippen LogP contribution in [0.4, 0.5) is 0 Å². The van der Waals surface area contributed by atoms with Crippen molar-refractivity contribution in [3.8, 4) is 5.75 Å². The Balaban J connectivity index is 2.81. The Morgan fingerprint density at radius 1 is 1.26 bits per heavy atom. The Hall–Kier alpha value is -2.08. The molecule has 0 aliphatic carbocycles. The molecule has 0 saturated carbocycles. The molecule has 1 aromatic carbocycles. The first-order valence-electron chi connectivity index (χ1n) is 5.81. The maximum atomic E-state index is 11.1. The van der Waals surface area contributed by atoms with Gasteiger partial charge in [0.25, 0.3) is 0 Å². The van der Waals surface area contributed by atoms with Gasteiger partial charge in [0.05, 0.1) is 5.92 Å². The lowest BCUT2D eigenvalue weighted by molar-refractivity contribution is -0.143. The van der Waals surface area contributed by atoms with Gasteiger partial charge >= 0.3 is 11.9 Å². The number of benzene rings is 1. The van der Waals surface area contributed by atoms with Gasteiger partial charge in [0.2, 0.25) is 0 Å². The van der Waals surface area contributed by atoms with E-state index in [0.29, 0.717) is 5.56 Å². The standard InChI is InChI=1S/C13H17NO5/c1-7-4-8(2-3-11(7)15)5-9(12(16)17)6-10(14)13(18)19/h2-4,9-10,15H,5-6,14H2,1H3,(H,16,17)(H,18,19)/t9-,10-/m0/s1. The van der Waals surface area contributed by atoms with Gasteiger partial charge in [-0.05, 0) is 37.0 Å². The number of nitrogens with two attached hydrogens (primary N) is 1. The maximum absolute atomic E-state index is 11.1. The Morgan fingerprint density at radius 2 is 1.89 bits per heavy atom. The molecule has 6 nitrogen and oxygen atoms in total. The summed E-state index contributed by atoms with van der Waals surface area (Å²) >= 11 is 0. The fourth-order valence-corrected chi connectivity index (χ4v) is 1.81. The quantitative estimate of drug-likeness (QED) is 0.603. The van der Waals surface area contributed by atoms with Crippen molar-refractivity contribution in [2.45, 2.75) is 25.8 Å². The Kier molecular flexibility index (Phi) is 4.88. The molecule has 0 fully saturated rings. The number of aryl methyl sites for hydroxylation is 1. The molecule has 0 heterocycles. The number of aromatic hydroxyl groups is 1. The van der Waals surface area contributed by atoms with Crippen molar-refractivity contribution in [1.82, 2.24) is 0 Å². The predicted octanol–water partition coefficient (Wildman–Crippen LogP) is 0.746. The zero-order chi connectivity index (χ0) is 14.6. The van der Waals surface area contributed by atoms with Crippen LogP contribution in [0.2, 0.25) is 0 Å². The monoisotopic (exact) mass is 267 g/mol. The molecule has 0 aromatic heterocycles. The second-order valence-corrected chi connectivity index (χ2v) is 4.54. The van der Waals surface area contributed by atoms with Crippen LogP contribution >= 0.6 is 0 Å². The summed E-state index contributed by atoms with van der Waals surface area (Å²) in [5.74, 6) is -3.02. The third kappa shape index (κ3) is 4.26. The lowest BCUT2D eigenvalue weighted by Crippen LogP contribution is -2.35. The highest BCUT2D eigenvalue weighted by Crippen LogP contribution is 2.21. The number of carboxylic acids is 2. The van der Waals surface area contributed by atoms with Crippen LogP contribution in [-0.4, -0.2) is 33.3 Å². The first kappa shape index (κ1) is 15.0. The van der Waals surface area contributed by atoms with Crippen LogP contribution in [0.15, 0.2) is 18.2 Å². The minimum atomic E-state index is -1.21. The summed E-state index contributed by atoms with van der Waals surface area (Å²) in [6.07, 6.45) is 0.0437. The van der Waals surface area contributed by atoms with Crippen molar-refractivity contribution in [1.29, 1.82) is 0 Å². The van der Waals surface area contributed by atoms with Gasteiger partial charge in [0.1, 0.15) is 11.8 Å². The van der Waals surface area contributed by atoms with E-state index in [1.54, 1.807) is 19.1 Å². The fraction of sp³-hybridized carbons (Fsp3) is 0.385. The first-order chi connectivity index (χ1) is 8.81. The molecular formula is C13H17NO5. The van der Waals surface area contributed by atoms with Crippen LogP contribution in [0, 0.1) is 12.8 Å². The summed E-state index contributed by atoms with van der Waals surface area (Å²) in [6.45, 7) is 1.71. The number of carboxylic acid groups (broad SMARTS) is 2. The van der Waals surface area contributed by atoms with Gasteiger partial charge in [0.15, 0.2) is 0 Å². The molecule has 0 spiro atoms. The average Bonchev–Trinajstić information content (AvgIpc) is 2.32. The zero-order valence-corrected chi connectivity index (χ0v) is 10.5. The van der Waals surface area contributed by atoms with E-state index in [1.165, 1.54) is 6.07 Å². The second-order valence-electron chi connectivity index (χ2n) is 4.54. The van der Waals surface area contributed by atoms with Gasteiger partial charge in [-0.25, -0.2) is 0 Å². The Bertz CT molecular complexity index is 486. The van der Waals surface area contributed by atoms with Gasteiger partial charge in [-0.2, -0.15) is 0 Å². The molecule has 5 N–H and O–H groups in total. The number of hydrogen-bond donors (Lipinski definition) is 4. The maximum Gasteiger partial charge on any atom is 0.320 e. The third-order valence-corrected chi connectivity index (χ3v) is 2.95. The molecule has 0 aliphatic rings. The van der Waals surface area contributed by atoms with Crippen LogP contribution in [-0.2, 0) is 16.0 Å². The summed E-state index contributed by atoms with van der Waals surface area (Å²) in [5, 5.41) is 27.2. The van der Waals surface area contributed by atoms with Crippen LogP contribution in [0.25, 0.3) is 0 Å². The van der Waals surface area contributed by atoms with E-state index in [-0.39, 0.29) is 18.6 Å². The Labute approximate surface area is 110 Å². The Morgan fingerprint density at radius 3 is 2.37 bits per heavy atom. The smallest absolute Gasteiger partial charge is 0.320 e. The van der Waals surface area contributed by atoms with Gasteiger partial charge in [0, 0.05) is 0 Å². The zero-order valence-electron chi connectivity index (χ0n) is 10.5. The molecule has 2 atom stereocenters. The molecule has 0 bridgehead atoms. The lowest BCUT2D eigenvalue weighted by atomic mass is 9.92. The van der Waals surface area contributed by atoms with Crippen molar-refractivity contribution in [3.63, 3.8) is 0 Å². The van der Waals surface area contributed by atoms with Crippen LogP contribution < -0.4 is 5.73 Å². The van der Waals surface area contributed by atoms with Gasteiger partial charge in [-0.15, -0.1) is 0 Å². The molecule has 0 aliphatic heterocycles. The molecule has 6 heteroatoms. The summed E-state index contributed by atoms with van der Waals surface area (Å²) in [5.41, 5.74) is 6.73. The van der Waals surface area contributed by atoms with E-state index in [9.17, 15) is 14.7 Å². The third-order valence-electron chi connectivity index (χ3n) is 2.95. The van der Waals surface area contributed by atoms with E-state index in [1.807, 2.05) is 0 Å². The highest BCUT2D eigenvalue weighted by atomic mass is 16.4. The largest absolute Gasteiger partial charge is 0.508 e. The van der Waals surface area contributed by atoms with Crippen molar-refractivity contribution >= 4 is 11.9 Å². The molecule has 1 aromatic rings. The van der Waals surface area contributed by atoms with Crippen LogP contribution in [0.1, 0.15) is 17.5 Å². The van der Waals surface area contributed by atoms with Gasteiger partial charge in [-0.1, -0.05) is 12.1 Å². The molecular weight excluding hydrogens is 250 g/mol. The predicted molar refractivity (Wildman–Crippen MR) is 67.9 cm³/mol. The molecule has 0 saturated heterocycles. The SMILES string of the molecule is Cc1cc(C[C@@H](C[C@H](N)C(=O)O)C(=O)O)ccc1O. The minimum absolute atomic E-state index is 0.134. The molecule has 0 amide bonds. The van der Waals surface area contributed by atoms with E-state index >= 15 is 0 Å². The number of phenolic OH excluding ortho intramolecular Hbond substituents is 1. The summed E-state index contributed by atoms with van der Waals surface area (Å²) in [7, 11) is 0. The van der Waals surface area contributed by atoms with Gasteiger partial charge in [-0.3, -0.25) is 9.59 Å². The van der Waals surface area contributed by atoms with Crippen LogP contribution in [0.5, 0.6) is 5.75 Å². The fourth-order valence-electron chi connectivity index (χ4n) is 1.81. The number of carbonyl (C=O) groups is 2. The minimum Gasteiger partial charge on any atom is -0.508 e. The molecule has 1 rings (SSSR count). The average molecular weight is 267 g/mol. The summed E-state index contributed by atoms with van der Waals surface area (Å²) < 4.78 is 0. The van der Waals surface area contributed by atoms with Crippen molar-refractivity contribution < 1.29 is 24.9 Å². The summed E-state index contributed by atoms with van der Waals surface area (Å²) in [6, 6.07) is 3.59. The van der Waals surface area contributed by atoms with Gasteiger partial charge < -0.3 is 21.1 Å². The van der Waals surface area contributed by atoms with E-state index in [4.69, 9.17) is 15.9 Å². The lowest BCUT2D eigenvalue weighted by Gasteiger charge is -2.15. The highest BCUT2D eigenvalue weighted by Gasteiger charge is 2.24. The number of hydrogen-bond acceptors (Lipinski definition) is 4. The topological polar surface area (TPSA) is 121 Å². The second kappa shape index (κ2) is 6.19. The normalized spacial score (nSPS) is 13.8. The highest BCUT2D eigenvalue weighted by molar-refractivity contribution is 5.76. The van der Waals surface area contributed by atoms with E-state index in [0.717, 1.165) is 5.56 Å². The van der Waals surface area contributed by atoms with E-state index in [2.05, 4.69) is 0 Å². The van der Waals surface area contributed by atoms with Crippen molar-refractivity contribution in [3.05, 3.63) is 29.3 Å². The number of phenols is 1. The molecule has 0 radical (unpaired) electrons. The number of aliphatic carboxylic acids is 2. The van der Waals surface area contributed by atoms with Crippen molar-refractivity contribution in [2.24, 2.45) is 11.7 Å². The first-order valence-corrected chi connectivity index (χ1v) is 5.81. The van der Waals surface area contributed by atoms with Crippen LogP contribution in [0.3, 0.4) is 0 Å².